The average molecular weight is 156 g/mol. The van der Waals surface area contributed by atoms with E-state index in [0.717, 1.165) is 5.57 Å². The molecule has 0 aromatic rings. The molecule has 0 atom stereocenters. The molecule has 0 radical (unpaired) electrons. The van der Waals surface area contributed by atoms with E-state index in [2.05, 4.69) is 6.58 Å². The van der Waals surface area contributed by atoms with E-state index in [9.17, 15) is 9.59 Å². The second-order valence-corrected chi connectivity index (χ2v) is 2.32. The molecule has 0 aliphatic carbocycles. The van der Waals surface area contributed by atoms with E-state index in [4.69, 9.17) is 4.74 Å². The monoisotopic (exact) mass is 156 g/mol. The third-order valence-electron chi connectivity index (χ3n) is 0.946. The number of carbonyl (C=O) groups is 2. The van der Waals surface area contributed by atoms with Gasteiger partial charge in [0.05, 0.1) is 6.42 Å². The first-order valence-electron chi connectivity index (χ1n) is 3.40. The molecule has 0 aliphatic rings. The van der Waals surface area contributed by atoms with Crippen LogP contribution in [0.1, 0.15) is 19.8 Å². The highest BCUT2D eigenvalue weighted by molar-refractivity contribution is 5.72. The van der Waals surface area contributed by atoms with Gasteiger partial charge in [0.2, 0.25) is 0 Å². The molecule has 0 rings (SSSR count). The standard InChI is InChI=1S/C8H12O3/c1-7(2)6-11-8(10)4-3-5-9/h5H,1,3-4,6H2,2H3. The molecule has 0 saturated heterocycles. The van der Waals surface area contributed by atoms with Gasteiger partial charge < -0.3 is 9.53 Å². The van der Waals surface area contributed by atoms with E-state index in [0.29, 0.717) is 6.29 Å². The van der Waals surface area contributed by atoms with Crippen LogP contribution >= 0.6 is 0 Å². The number of hydrogen-bond donors (Lipinski definition) is 0. The lowest BCUT2D eigenvalue weighted by Gasteiger charge is -2.01. The van der Waals surface area contributed by atoms with E-state index < -0.39 is 0 Å². The summed E-state index contributed by atoms with van der Waals surface area (Å²) in [6.07, 6.45) is 1.09. The minimum absolute atomic E-state index is 0.163. The fourth-order valence-electron chi connectivity index (χ4n) is 0.453. The van der Waals surface area contributed by atoms with Crippen LogP contribution in [0.25, 0.3) is 0 Å². The molecule has 0 amide bonds. The summed E-state index contributed by atoms with van der Waals surface area (Å²) in [5.41, 5.74) is 0.796. The summed E-state index contributed by atoms with van der Waals surface area (Å²) in [5.74, 6) is -0.347. The number of rotatable bonds is 5. The SMILES string of the molecule is C=C(C)COC(=O)CCC=O. The lowest BCUT2D eigenvalue weighted by atomic mass is 10.3. The molecular weight excluding hydrogens is 144 g/mol. The topological polar surface area (TPSA) is 43.4 Å². The quantitative estimate of drug-likeness (QED) is 0.340. The summed E-state index contributed by atoms with van der Waals surface area (Å²) in [4.78, 5) is 20.5. The van der Waals surface area contributed by atoms with Crippen molar-refractivity contribution in [2.75, 3.05) is 6.61 Å². The van der Waals surface area contributed by atoms with Crippen molar-refractivity contribution in [3.63, 3.8) is 0 Å². The molecule has 3 heteroatoms. The van der Waals surface area contributed by atoms with E-state index in [1.165, 1.54) is 0 Å². The van der Waals surface area contributed by atoms with Crippen molar-refractivity contribution in [3.8, 4) is 0 Å². The summed E-state index contributed by atoms with van der Waals surface area (Å²) in [6.45, 7) is 5.58. The minimum Gasteiger partial charge on any atom is -0.461 e. The first-order chi connectivity index (χ1) is 5.16. The van der Waals surface area contributed by atoms with Crippen molar-refractivity contribution in [3.05, 3.63) is 12.2 Å². The zero-order valence-corrected chi connectivity index (χ0v) is 6.63. The first-order valence-corrected chi connectivity index (χ1v) is 3.40. The Balaban J connectivity index is 3.37. The smallest absolute Gasteiger partial charge is 0.306 e. The number of esters is 1. The van der Waals surface area contributed by atoms with Gasteiger partial charge in [0.25, 0.3) is 0 Å². The van der Waals surface area contributed by atoms with Gasteiger partial charge in [-0.15, -0.1) is 0 Å². The molecule has 0 saturated carbocycles. The maximum Gasteiger partial charge on any atom is 0.306 e. The molecule has 0 aliphatic heterocycles. The largest absolute Gasteiger partial charge is 0.461 e. The van der Waals surface area contributed by atoms with Gasteiger partial charge in [-0.05, 0) is 12.5 Å². The van der Waals surface area contributed by atoms with Crippen LogP contribution in [0.3, 0.4) is 0 Å². The summed E-state index contributed by atoms with van der Waals surface area (Å²) in [6, 6.07) is 0. The predicted octanol–water partition coefficient (Wildman–Crippen LogP) is 1.08. The fraction of sp³-hybridized carbons (Fsp3) is 0.500. The van der Waals surface area contributed by atoms with E-state index in [-0.39, 0.29) is 25.4 Å². The predicted molar refractivity (Wildman–Crippen MR) is 41.1 cm³/mol. The summed E-state index contributed by atoms with van der Waals surface area (Å²) < 4.78 is 4.71. The molecule has 0 heterocycles. The minimum atomic E-state index is -0.347. The Morgan fingerprint density at radius 1 is 1.64 bits per heavy atom. The zero-order chi connectivity index (χ0) is 8.69. The van der Waals surface area contributed by atoms with Gasteiger partial charge in [-0.3, -0.25) is 4.79 Å². The van der Waals surface area contributed by atoms with Crippen molar-refractivity contribution in [2.24, 2.45) is 0 Å². The van der Waals surface area contributed by atoms with Crippen LogP contribution < -0.4 is 0 Å². The van der Waals surface area contributed by atoms with Crippen molar-refractivity contribution < 1.29 is 14.3 Å². The third-order valence-corrected chi connectivity index (χ3v) is 0.946. The highest BCUT2D eigenvalue weighted by atomic mass is 16.5. The molecule has 0 spiro atoms. The van der Waals surface area contributed by atoms with Crippen LogP contribution in [-0.4, -0.2) is 18.9 Å². The third kappa shape index (κ3) is 6.77. The Bertz CT molecular complexity index is 161. The van der Waals surface area contributed by atoms with Crippen molar-refractivity contribution in [2.45, 2.75) is 19.8 Å². The Labute approximate surface area is 66.0 Å². The van der Waals surface area contributed by atoms with Gasteiger partial charge >= 0.3 is 5.97 Å². The molecule has 0 fully saturated rings. The first kappa shape index (κ1) is 9.88. The molecular formula is C8H12O3. The Hall–Kier alpha value is -1.12. The second-order valence-electron chi connectivity index (χ2n) is 2.32. The molecule has 62 valence electrons. The summed E-state index contributed by atoms with van der Waals surface area (Å²) in [7, 11) is 0. The molecule has 11 heavy (non-hydrogen) atoms. The highest BCUT2D eigenvalue weighted by Gasteiger charge is 2.00. The zero-order valence-electron chi connectivity index (χ0n) is 6.63. The Morgan fingerprint density at radius 3 is 2.73 bits per heavy atom. The van der Waals surface area contributed by atoms with Gasteiger partial charge in [-0.1, -0.05) is 6.58 Å². The van der Waals surface area contributed by atoms with Crippen LogP contribution in [0.4, 0.5) is 0 Å². The molecule has 0 unspecified atom stereocenters. The van der Waals surface area contributed by atoms with Gasteiger partial charge in [0.15, 0.2) is 0 Å². The lowest BCUT2D eigenvalue weighted by molar-refractivity contribution is -0.143. The fourth-order valence-corrected chi connectivity index (χ4v) is 0.453. The van der Waals surface area contributed by atoms with Crippen LogP contribution in [0.2, 0.25) is 0 Å². The van der Waals surface area contributed by atoms with Gasteiger partial charge in [-0.25, -0.2) is 0 Å². The van der Waals surface area contributed by atoms with Gasteiger partial charge in [0, 0.05) is 6.42 Å². The Morgan fingerprint density at radius 2 is 2.27 bits per heavy atom. The summed E-state index contributed by atoms with van der Waals surface area (Å²) in [5, 5.41) is 0. The summed E-state index contributed by atoms with van der Waals surface area (Å²) >= 11 is 0. The van der Waals surface area contributed by atoms with Crippen molar-refractivity contribution in [1.29, 1.82) is 0 Å². The van der Waals surface area contributed by atoms with Crippen molar-refractivity contribution >= 4 is 12.3 Å². The number of carbonyl (C=O) groups excluding carboxylic acids is 2. The molecule has 0 aromatic carbocycles. The van der Waals surface area contributed by atoms with Gasteiger partial charge in [0.1, 0.15) is 12.9 Å². The van der Waals surface area contributed by atoms with Crippen molar-refractivity contribution in [1.82, 2.24) is 0 Å². The van der Waals surface area contributed by atoms with Gasteiger partial charge in [-0.2, -0.15) is 0 Å². The molecule has 0 bridgehead atoms. The number of hydrogen-bond acceptors (Lipinski definition) is 3. The molecule has 3 nitrogen and oxygen atoms in total. The van der Waals surface area contributed by atoms with E-state index in [1.807, 2.05) is 0 Å². The lowest BCUT2D eigenvalue weighted by Crippen LogP contribution is -2.05. The van der Waals surface area contributed by atoms with Crippen LogP contribution in [0, 0.1) is 0 Å². The normalized spacial score (nSPS) is 8.82. The van der Waals surface area contributed by atoms with Crippen LogP contribution in [0.5, 0.6) is 0 Å². The highest BCUT2D eigenvalue weighted by Crippen LogP contribution is 1.93. The Kier molecular flexibility index (Phi) is 5.07. The number of ether oxygens (including phenoxy) is 1. The molecule has 0 aromatic heterocycles. The van der Waals surface area contributed by atoms with Crippen LogP contribution in [-0.2, 0) is 14.3 Å². The molecule has 0 N–H and O–H groups in total. The average Bonchev–Trinajstić information content (AvgIpc) is 1.97. The van der Waals surface area contributed by atoms with E-state index in [1.54, 1.807) is 6.92 Å². The number of aldehydes is 1. The maximum absolute atomic E-state index is 10.7. The van der Waals surface area contributed by atoms with E-state index >= 15 is 0 Å². The maximum atomic E-state index is 10.7. The second kappa shape index (κ2) is 5.65. The van der Waals surface area contributed by atoms with Crippen LogP contribution in [0.15, 0.2) is 12.2 Å².